The summed E-state index contributed by atoms with van der Waals surface area (Å²) >= 11 is 11.8. The van der Waals surface area contributed by atoms with E-state index in [0.717, 1.165) is 142 Å². The van der Waals surface area contributed by atoms with Crippen molar-refractivity contribution in [3.05, 3.63) is 383 Å². The fraction of sp³-hybridized carbons (Fsp3) is 0.291. The molecule has 0 aliphatic carbocycles. The molecule has 0 atom stereocenters. The highest BCUT2D eigenvalue weighted by molar-refractivity contribution is 6.31. The molecule has 778 valence electrons. The molecule has 31 nitrogen and oxygen atoms in total. The Labute approximate surface area is 870 Å². The first-order chi connectivity index (χ1) is 72.2. The zero-order chi connectivity index (χ0) is 108. The van der Waals surface area contributed by atoms with Gasteiger partial charge < -0.3 is 30.9 Å². The Balaban J connectivity index is 0.000000155. The smallest absolute Gasteiger partial charge is 0.407 e. The molecule has 0 aliphatic rings. The highest BCUT2D eigenvalue weighted by Gasteiger charge is 2.25. The van der Waals surface area contributed by atoms with Crippen LogP contribution in [0.5, 0.6) is 0 Å². The van der Waals surface area contributed by atoms with Crippen LogP contribution in [0.1, 0.15) is 281 Å². The minimum absolute atomic E-state index is 0.112. The van der Waals surface area contributed by atoms with Crippen molar-refractivity contribution >= 4 is 160 Å². The fourth-order valence-corrected chi connectivity index (χ4v) is 17.1. The Morgan fingerprint density at radius 1 is 0.227 bits per heavy atom. The molecule has 0 unspecified atom stereocenters. The second-order valence-corrected chi connectivity index (χ2v) is 36.7. The van der Waals surface area contributed by atoms with Crippen molar-refractivity contribution in [1.29, 1.82) is 0 Å². The summed E-state index contributed by atoms with van der Waals surface area (Å²) in [4.78, 5) is 203. The minimum atomic E-state index is -0.723. The third kappa shape index (κ3) is 30.0. The maximum absolute atomic E-state index is 12.5. The minimum Gasteiger partial charge on any atom is -0.407 e. The summed E-state index contributed by atoms with van der Waals surface area (Å²) in [6.07, 6.45) is 20.1. The maximum Gasteiger partial charge on any atom is 0.426 e. The first kappa shape index (κ1) is 112. The van der Waals surface area contributed by atoms with E-state index >= 15 is 0 Å². The number of carbonyl (C=O) groups excluding carboxylic acids is 10. The van der Waals surface area contributed by atoms with Gasteiger partial charge in [-0.15, -0.1) is 0 Å². The maximum atomic E-state index is 12.5. The number of hydrogen-bond acceptors (Lipinski definition) is 24. The first-order valence-corrected chi connectivity index (χ1v) is 50.7. The van der Waals surface area contributed by atoms with Crippen molar-refractivity contribution in [2.24, 2.45) is 0 Å². The molecule has 18 aromatic rings. The normalized spacial score (nSPS) is 10.9. The third-order valence-electron chi connectivity index (χ3n) is 24.9. The lowest BCUT2D eigenvalue weighted by molar-refractivity contribution is 0.0886. The lowest BCUT2D eigenvalue weighted by Gasteiger charge is -2.05. The average Bonchev–Trinajstić information content (AvgIpc) is 1.66. The van der Waals surface area contributed by atoms with Gasteiger partial charge in [-0.25, -0.2) is 65.5 Å². The van der Waals surface area contributed by atoms with Crippen molar-refractivity contribution in [3.8, 4) is 0 Å². The van der Waals surface area contributed by atoms with E-state index in [9.17, 15) is 81.5 Å². The number of carbonyl (C=O) groups is 10. The monoisotopic (exact) mass is 2070 g/mol. The van der Waals surface area contributed by atoms with Gasteiger partial charge in [0.2, 0.25) is 41.4 Å². The summed E-state index contributed by atoms with van der Waals surface area (Å²) in [5.41, 5.74) is 13.4. The summed E-state index contributed by atoms with van der Waals surface area (Å²) < 4.78 is 43.1. The molecule has 0 saturated carbocycles. The number of fused-ring (bicyclic) bond motifs is 7. The molecule has 11 aromatic carbocycles. The van der Waals surface area contributed by atoms with E-state index in [1.807, 2.05) is 123 Å². The second kappa shape index (κ2) is 54.9. The molecule has 0 spiro atoms. The Morgan fingerprint density at radius 3 is 0.747 bits per heavy atom. The number of Topliss-reactive ketones (excluding diaryl/α,β-unsaturated/α-hetero) is 3. The van der Waals surface area contributed by atoms with E-state index in [0.29, 0.717) is 133 Å². The summed E-state index contributed by atoms with van der Waals surface area (Å²) in [6.45, 7) is 14.7. The van der Waals surface area contributed by atoms with Crippen LogP contribution in [0, 0.1) is 13.8 Å². The van der Waals surface area contributed by atoms with Gasteiger partial charge >= 0.3 is 40.3 Å². The Bertz CT molecular complexity index is 8340. The second-order valence-electron chi connectivity index (χ2n) is 35.9. The zero-order valence-corrected chi connectivity index (χ0v) is 86.3. The van der Waals surface area contributed by atoms with Crippen LogP contribution >= 0.6 is 23.2 Å². The predicted octanol–water partition coefficient (Wildman–Crippen LogP) is 24.8. The average molecular weight is 2080 g/mol. The Kier molecular flexibility index (Phi) is 41.1. The number of ketones is 3. The SMILES string of the molecule is CC(=O)c1ccc2c(c1)oc(=O)n2C(=O)CCc1ccccc1.CC(=O)c1ccc2c(c1)oc(=O)n2C(=O)CCc1ccccc1C.CCCCCCCC(=O)n1c(=O)oc2cc(C(C)=O)ccc21.CCCCCCCC(=O)n1c(=O)oc2ccc(Cl)cc21.CCCCCCCC(=O)n1c(=O)oc2ccccc21.Cc1ccccc1CCC(=O)n1c(=O)oc2ccccc21.O=C(CCc1ccccc1)n1c(=O)oc2ccc(Cl)cc21. The topological polar surface area (TPSA) is 417 Å². The highest BCUT2D eigenvalue weighted by atomic mass is 35.5. The number of aryl methyl sites for hydroxylation is 6. The van der Waals surface area contributed by atoms with Crippen molar-refractivity contribution in [2.45, 2.75) is 222 Å². The molecule has 33 heteroatoms. The number of hydrogen-bond donors (Lipinski definition) is 0. The molecule has 0 bridgehead atoms. The summed E-state index contributed by atoms with van der Waals surface area (Å²) in [6, 6.07) is 72.5. The van der Waals surface area contributed by atoms with E-state index in [4.69, 9.17) is 54.1 Å². The number of nitrogens with zero attached hydrogens (tertiary/aromatic N) is 7. The number of rotatable bonds is 33. The van der Waals surface area contributed by atoms with Gasteiger partial charge in [-0.3, -0.25) is 47.9 Å². The number of benzene rings is 11. The first-order valence-electron chi connectivity index (χ1n) is 50.0. The van der Waals surface area contributed by atoms with E-state index in [1.165, 1.54) is 58.2 Å². The van der Waals surface area contributed by atoms with Crippen LogP contribution in [-0.4, -0.2) is 90.7 Å². The molecule has 0 amide bonds. The van der Waals surface area contributed by atoms with E-state index in [-0.39, 0.29) is 101 Å². The molecule has 7 heterocycles. The largest absolute Gasteiger partial charge is 0.426 e. The highest BCUT2D eigenvalue weighted by Crippen LogP contribution is 2.27. The van der Waals surface area contributed by atoms with Gasteiger partial charge in [0.1, 0.15) is 0 Å². The van der Waals surface area contributed by atoms with E-state index in [1.54, 1.807) is 121 Å². The predicted molar refractivity (Wildman–Crippen MR) is 576 cm³/mol. The van der Waals surface area contributed by atoms with Crippen LogP contribution < -0.4 is 40.3 Å². The van der Waals surface area contributed by atoms with Crippen molar-refractivity contribution in [2.75, 3.05) is 0 Å². The number of para-hydroxylation sites is 4. The van der Waals surface area contributed by atoms with Crippen molar-refractivity contribution in [1.82, 2.24) is 32.0 Å². The van der Waals surface area contributed by atoms with Crippen LogP contribution in [-0.2, 0) is 25.7 Å². The van der Waals surface area contributed by atoms with Crippen LogP contribution in [0.4, 0.5) is 0 Å². The standard InChI is InChI=1S/C19H17NO4.C18H15NO4.C17H21NO4.C17H15NO3.C16H12ClNO3.C15H18ClNO3.C15H19NO3/c1-12-5-3-4-6-14(12)8-10-18(22)20-16-9-7-15(13(2)21)11-17(16)24-19(20)23;1-12(20)14-8-9-15-16(11-14)23-18(22)19(15)17(21)10-7-13-5-3-2-4-6-13;1-3-4-5-6-7-8-16(20)18-14-10-9-13(12(2)19)11-15(14)22-17(18)21;1-12-6-2-3-7-13(12)10-11-16(19)18-14-8-4-5-9-15(14)21-17(18)20;17-12-7-8-14-13(10-12)18(16(20)21-14)15(19)9-6-11-4-2-1-3-5-11;1-2-3-4-5-6-7-14(18)17-12-10-11(16)8-9-13(12)20-15(17)19;1-2-3-4-5-6-11-14(17)16-12-9-7-8-10-13(12)19-15(16)18/h3-7,9,11H,8,10H2,1-2H3;2-6,8-9,11H,7,10H2,1H3;9-11H,3-8H2,1-2H3;2-9H,10-11H2,1H3;1-5,7-8,10H,6,9H2;8-10H,2-7H2,1H3;7-10H,2-6,11H2,1H3. The molecule has 150 heavy (non-hydrogen) atoms. The van der Waals surface area contributed by atoms with Gasteiger partial charge in [0.25, 0.3) is 0 Å². The zero-order valence-electron chi connectivity index (χ0n) is 84.7. The third-order valence-corrected chi connectivity index (χ3v) is 25.4. The molecule has 0 fully saturated rings. The summed E-state index contributed by atoms with van der Waals surface area (Å²) in [7, 11) is 0. The quantitative estimate of drug-likeness (QED) is 0.0272. The summed E-state index contributed by atoms with van der Waals surface area (Å²) in [5.74, 6) is -6.86. The van der Waals surface area contributed by atoms with E-state index in [2.05, 4.69) is 20.8 Å². The molecule has 7 aromatic heterocycles. The van der Waals surface area contributed by atoms with Gasteiger partial charge in [0.15, 0.2) is 56.4 Å². The molecule has 0 radical (unpaired) electrons. The number of aromatic nitrogens is 7. The van der Waals surface area contributed by atoms with Crippen molar-refractivity contribution < 1.29 is 78.9 Å². The van der Waals surface area contributed by atoms with Gasteiger partial charge in [0, 0.05) is 71.7 Å². The van der Waals surface area contributed by atoms with Crippen LogP contribution in [0.25, 0.3) is 77.7 Å². The number of oxazole rings is 7. The lowest BCUT2D eigenvalue weighted by Crippen LogP contribution is -2.22. The molecule has 18 rings (SSSR count). The van der Waals surface area contributed by atoms with Crippen LogP contribution in [0.3, 0.4) is 0 Å². The van der Waals surface area contributed by atoms with Gasteiger partial charge in [0.05, 0.1) is 38.6 Å². The number of halogens is 2. The number of unbranched alkanes of at least 4 members (excludes halogenated alkanes) is 12. The molecule has 0 saturated heterocycles. The van der Waals surface area contributed by atoms with Gasteiger partial charge in [-0.05, 0) is 228 Å². The summed E-state index contributed by atoms with van der Waals surface area (Å²) in [5, 5.41) is 0.927. The van der Waals surface area contributed by atoms with Gasteiger partial charge in [-0.2, -0.15) is 0 Å². The van der Waals surface area contributed by atoms with Crippen molar-refractivity contribution in [3.63, 3.8) is 0 Å². The lowest BCUT2D eigenvalue weighted by atomic mass is 10.0. The molecular formula is C117H117Cl2N7O24. The fourth-order valence-electron chi connectivity index (χ4n) is 16.8. The Morgan fingerprint density at radius 2 is 0.460 bits per heavy atom. The molecule has 0 aliphatic heterocycles. The van der Waals surface area contributed by atoms with E-state index < -0.39 is 40.3 Å². The van der Waals surface area contributed by atoms with Gasteiger partial charge in [-0.1, -0.05) is 254 Å². The molecule has 0 N–H and O–H groups in total. The van der Waals surface area contributed by atoms with Crippen LogP contribution in [0.2, 0.25) is 10.0 Å². The Hall–Kier alpha value is -16.4. The molecular weight excluding hydrogens is 1960 g/mol. The van der Waals surface area contributed by atoms with Crippen LogP contribution in [0.15, 0.2) is 313 Å².